The normalized spacial score (nSPS) is 14.5. The van der Waals surface area contributed by atoms with Gasteiger partial charge in [-0.25, -0.2) is 4.79 Å². The van der Waals surface area contributed by atoms with E-state index < -0.39 is 0 Å². The number of likely N-dealkylation sites (tertiary alicyclic amines) is 1. The lowest BCUT2D eigenvalue weighted by atomic mass is 10.0. The highest BCUT2D eigenvalue weighted by molar-refractivity contribution is 5.68. The highest BCUT2D eigenvalue weighted by Crippen LogP contribution is 2.24. The van der Waals surface area contributed by atoms with E-state index in [9.17, 15) is 4.79 Å². The molecule has 4 aromatic carbocycles. The molecule has 0 aliphatic carbocycles. The van der Waals surface area contributed by atoms with Crippen LogP contribution in [0.4, 0.5) is 10.5 Å². The molecule has 5 nitrogen and oxygen atoms in total. The highest BCUT2D eigenvalue weighted by atomic mass is 16.6. The lowest BCUT2D eigenvalue weighted by molar-refractivity contribution is 0.0543. The Kier molecular flexibility index (Phi) is 10.3. The van der Waals surface area contributed by atoms with Gasteiger partial charge in [0.15, 0.2) is 0 Å². The number of ether oxygens (including phenoxy) is 1. The van der Waals surface area contributed by atoms with Crippen LogP contribution in [0.1, 0.15) is 40.7 Å². The van der Waals surface area contributed by atoms with Gasteiger partial charge in [0.25, 0.3) is 0 Å². The van der Waals surface area contributed by atoms with Crippen LogP contribution in [0.5, 0.6) is 0 Å². The molecule has 1 aliphatic heterocycles. The minimum absolute atomic E-state index is 0.0278. The van der Waals surface area contributed by atoms with Crippen LogP contribution in [-0.2, 0) is 24.2 Å². The zero-order valence-corrected chi connectivity index (χ0v) is 24.9. The molecule has 1 fully saturated rings. The molecule has 1 atom stereocenters. The maximum atomic E-state index is 13.3. The lowest BCUT2D eigenvalue weighted by Crippen LogP contribution is -2.45. The van der Waals surface area contributed by atoms with Crippen molar-refractivity contribution in [2.75, 3.05) is 25.0 Å². The molecule has 1 aliphatic rings. The fourth-order valence-corrected chi connectivity index (χ4v) is 5.84. The van der Waals surface area contributed by atoms with E-state index in [0.29, 0.717) is 25.7 Å². The standard InChI is InChI=1S/C37H43N3O2/c1-29-13-12-14-30(2)36(29)38-34-21-23-39(24-22-34)37(41)42-28-35(25-31-15-6-3-7-16-31)40(26-32-17-8-4-9-18-32)27-33-19-10-5-11-20-33/h3-20,34-35,38H,21-28H2,1-2H3. The molecule has 4 aromatic rings. The number of aryl methyl sites for hydroxylation is 2. The summed E-state index contributed by atoms with van der Waals surface area (Å²) in [5.74, 6) is 0. The monoisotopic (exact) mass is 561 g/mol. The SMILES string of the molecule is Cc1cccc(C)c1NC1CCN(C(=O)OCC(Cc2ccccc2)N(Cc2ccccc2)Cc2ccccc2)CC1. The van der Waals surface area contributed by atoms with Gasteiger partial charge in [-0.1, -0.05) is 109 Å². The summed E-state index contributed by atoms with van der Waals surface area (Å²) in [7, 11) is 0. The third-order valence-corrected chi connectivity index (χ3v) is 8.27. The first-order valence-corrected chi connectivity index (χ1v) is 15.2. The molecule has 42 heavy (non-hydrogen) atoms. The van der Waals surface area contributed by atoms with E-state index in [1.807, 2.05) is 11.0 Å². The Hall–Kier alpha value is -4.09. The van der Waals surface area contributed by atoms with Gasteiger partial charge in [-0.3, -0.25) is 4.90 Å². The van der Waals surface area contributed by atoms with Gasteiger partial charge in [0, 0.05) is 44.0 Å². The van der Waals surface area contributed by atoms with E-state index in [4.69, 9.17) is 4.74 Å². The molecule has 1 amide bonds. The number of amides is 1. The average Bonchev–Trinajstić information content (AvgIpc) is 3.02. The number of hydrogen-bond acceptors (Lipinski definition) is 4. The van der Waals surface area contributed by atoms with Crippen molar-refractivity contribution in [3.63, 3.8) is 0 Å². The fraction of sp³-hybridized carbons (Fsp3) is 0.324. The van der Waals surface area contributed by atoms with Crippen LogP contribution < -0.4 is 5.32 Å². The number of piperidine rings is 1. The van der Waals surface area contributed by atoms with E-state index >= 15 is 0 Å². The molecule has 0 aromatic heterocycles. The van der Waals surface area contributed by atoms with Crippen LogP contribution in [0, 0.1) is 13.8 Å². The largest absolute Gasteiger partial charge is 0.448 e. The van der Waals surface area contributed by atoms with Crippen LogP contribution in [0.25, 0.3) is 0 Å². The van der Waals surface area contributed by atoms with Gasteiger partial charge in [0.2, 0.25) is 0 Å². The summed E-state index contributed by atoms with van der Waals surface area (Å²) < 4.78 is 6.09. The summed E-state index contributed by atoms with van der Waals surface area (Å²) in [6.07, 6.45) is 2.41. The Balaban J connectivity index is 1.25. The predicted molar refractivity (Wildman–Crippen MR) is 172 cm³/mol. The van der Waals surface area contributed by atoms with Crippen LogP contribution in [-0.4, -0.2) is 47.7 Å². The number of benzene rings is 4. The van der Waals surface area contributed by atoms with Gasteiger partial charge in [-0.2, -0.15) is 0 Å². The predicted octanol–water partition coefficient (Wildman–Crippen LogP) is 7.63. The second-order valence-corrected chi connectivity index (χ2v) is 11.5. The molecule has 1 heterocycles. The maximum Gasteiger partial charge on any atom is 0.409 e. The molecule has 1 saturated heterocycles. The third-order valence-electron chi connectivity index (χ3n) is 8.27. The summed E-state index contributed by atoms with van der Waals surface area (Å²) >= 11 is 0. The zero-order valence-electron chi connectivity index (χ0n) is 24.9. The molecule has 1 unspecified atom stereocenters. The van der Waals surface area contributed by atoms with E-state index in [2.05, 4.69) is 127 Å². The summed E-state index contributed by atoms with van der Waals surface area (Å²) in [4.78, 5) is 17.7. The number of carbonyl (C=O) groups is 1. The number of anilines is 1. The number of rotatable bonds is 11. The van der Waals surface area contributed by atoms with Crippen molar-refractivity contribution in [1.29, 1.82) is 0 Å². The Bertz CT molecular complexity index is 1320. The molecule has 218 valence electrons. The summed E-state index contributed by atoms with van der Waals surface area (Å²) in [6, 6.07) is 38.4. The number of nitrogens with one attached hydrogen (secondary N) is 1. The summed E-state index contributed by atoms with van der Waals surface area (Å²) in [5.41, 5.74) is 7.48. The number of carbonyl (C=O) groups excluding carboxylic acids is 1. The third kappa shape index (κ3) is 8.23. The Morgan fingerprint density at radius 3 is 1.79 bits per heavy atom. The van der Waals surface area contributed by atoms with Crippen LogP contribution in [0.15, 0.2) is 109 Å². The van der Waals surface area contributed by atoms with E-state index in [-0.39, 0.29) is 12.1 Å². The zero-order chi connectivity index (χ0) is 29.1. The van der Waals surface area contributed by atoms with Crippen molar-refractivity contribution < 1.29 is 9.53 Å². The Labute approximate surface area is 251 Å². The molecule has 0 spiro atoms. The molecular formula is C37H43N3O2. The maximum absolute atomic E-state index is 13.3. The molecular weight excluding hydrogens is 518 g/mol. The second-order valence-electron chi connectivity index (χ2n) is 11.5. The molecule has 1 N–H and O–H groups in total. The molecule has 0 bridgehead atoms. The topological polar surface area (TPSA) is 44.8 Å². The molecule has 0 saturated carbocycles. The smallest absolute Gasteiger partial charge is 0.409 e. The minimum Gasteiger partial charge on any atom is -0.448 e. The van der Waals surface area contributed by atoms with Gasteiger partial charge in [-0.05, 0) is 60.9 Å². The molecule has 5 rings (SSSR count). The van der Waals surface area contributed by atoms with Gasteiger partial charge in [0.1, 0.15) is 6.61 Å². The van der Waals surface area contributed by atoms with Crippen LogP contribution in [0.3, 0.4) is 0 Å². The second kappa shape index (κ2) is 14.7. The Morgan fingerprint density at radius 2 is 1.26 bits per heavy atom. The van der Waals surface area contributed by atoms with Crippen molar-refractivity contribution >= 4 is 11.8 Å². The summed E-state index contributed by atoms with van der Waals surface area (Å²) in [6.45, 7) is 7.58. The first-order valence-electron chi connectivity index (χ1n) is 15.2. The van der Waals surface area contributed by atoms with Crippen molar-refractivity contribution in [2.45, 2.75) is 58.3 Å². The van der Waals surface area contributed by atoms with Crippen molar-refractivity contribution in [1.82, 2.24) is 9.80 Å². The van der Waals surface area contributed by atoms with Crippen molar-refractivity contribution in [3.05, 3.63) is 137 Å². The van der Waals surface area contributed by atoms with E-state index in [1.165, 1.54) is 33.5 Å². The van der Waals surface area contributed by atoms with Crippen LogP contribution in [0.2, 0.25) is 0 Å². The van der Waals surface area contributed by atoms with Crippen LogP contribution >= 0.6 is 0 Å². The molecule has 0 radical (unpaired) electrons. The van der Waals surface area contributed by atoms with Gasteiger partial charge in [0.05, 0.1) is 0 Å². The minimum atomic E-state index is -0.210. The van der Waals surface area contributed by atoms with E-state index in [0.717, 1.165) is 32.4 Å². The Morgan fingerprint density at radius 1 is 0.762 bits per heavy atom. The fourth-order valence-electron chi connectivity index (χ4n) is 5.84. The van der Waals surface area contributed by atoms with E-state index in [1.54, 1.807) is 0 Å². The highest BCUT2D eigenvalue weighted by Gasteiger charge is 2.27. The van der Waals surface area contributed by atoms with Gasteiger partial charge >= 0.3 is 6.09 Å². The number of nitrogens with zero attached hydrogens (tertiary/aromatic N) is 2. The first kappa shape index (κ1) is 29.4. The quantitative estimate of drug-likeness (QED) is 0.205. The van der Waals surface area contributed by atoms with Crippen molar-refractivity contribution in [3.8, 4) is 0 Å². The average molecular weight is 562 g/mol. The lowest BCUT2D eigenvalue weighted by Gasteiger charge is -2.35. The van der Waals surface area contributed by atoms with Gasteiger partial charge in [-0.15, -0.1) is 0 Å². The number of hydrogen-bond donors (Lipinski definition) is 1. The van der Waals surface area contributed by atoms with Crippen molar-refractivity contribution in [2.24, 2.45) is 0 Å². The number of para-hydroxylation sites is 1. The first-order chi connectivity index (χ1) is 20.5. The molecule has 5 heteroatoms. The van der Waals surface area contributed by atoms with Gasteiger partial charge < -0.3 is 15.0 Å². The summed E-state index contributed by atoms with van der Waals surface area (Å²) in [5, 5.41) is 3.73.